The second kappa shape index (κ2) is 3.17. The summed E-state index contributed by atoms with van der Waals surface area (Å²) in [6.07, 6.45) is 2.52. The molecule has 0 aliphatic heterocycles. The highest BCUT2D eigenvalue weighted by atomic mass is 35.5. The highest BCUT2D eigenvalue weighted by molar-refractivity contribution is 7.90. The lowest BCUT2D eigenvalue weighted by molar-refractivity contribution is 0.585. The summed E-state index contributed by atoms with van der Waals surface area (Å²) >= 11 is 5.66. The summed E-state index contributed by atoms with van der Waals surface area (Å²) in [5.41, 5.74) is 1.47. The van der Waals surface area contributed by atoms with E-state index in [2.05, 4.69) is 10.2 Å². The van der Waals surface area contributed by atoms with E-state index in [0.29, 0.717) is 23.7 Å². The first-order valence-electron chi connectivity index (χ1n) is 4.19. The minimum Gasteiger partial charge on any atom is -0.228 e. The molecule has 1 atom stereocenters. The monoisotopic (exact) mass is 232 g/mol. The number of fused-ring (bicyclic) bond motifs is 1. The van der Waals surface area contributed by atoms with Gasteiger partial charge in [0.2, 0.25) is 0 Å². The lowest BCUT2D eigenvalue weighted by Crippen LogP contribution is -2.10. The molecule has 14 heavy (non-hydrogen) atoms. The maximum Gasteiger partial charge on any atom is 0.156 e. The zero-order valence-corrected chi connectivity index (χ0v) is 9.14. The van der Waals surface area contributed by atoms with Gasteiger partial charge < -0.3 is 0 Å². The number of nitrogens with zero attached hydrogens (tertiary/aromatic N) is 2. The van der Waals surface area contributed by atoms with Gasteiger partial charge in [-0.3, -0.25) is 0 Å². The van der Waals surface area contributed by atoms with Crippen LogP contribution in [-0.2, 0) is 16.3 Å². The summed E-state index contributed by atoms with van der Waals surface area (Å²) in [5.74, 6) is 0. The highest BCUT2D eigenvalue weighted by Crippen LogP contribution is 2.35. The Bertz CT molecular complexity index is 472. The van der Waals surface area contributed by atoms with Gasteiger partial charge in [-0.1, -0.05) is 11.6 Å². The number of hydrogen-bond acceptors (Lipinski definition) is 4. The van der Waals surface area contributed by atoms with Crippen LogP contribution >= 0.6 is 11.6 Å². The van der Waals surface area contributed by atoms with Crippen LogP contribution in [-0.4, -0.2) is 24.9 Å². The Labute approximate surface area is 87.2 Å². The van der Waals surface area contributed by atoms with E-state index in [0.717, 1.165) is 5.56 Å². The van der Waals surface area contributed by atoms with Gasteiger partial charge in [0.25, 0.3) is 0 Å². The van der Waals surface area contributed by atoms with Gasteiger partial charge in [0.15, 0.2) is 15.0 Å². The average Bonchev–Trinajstić information content (AvgIpc) is 2.45. The van der Waals surface area contributed by atoms with Crippen LogP contribution in [0.25, 0.3) is 0 Å². The summed E-state index contributed by atoms with van der Waals surface area (Å²) in [7, 11) is -3.07. The minimum atomic E-state index is -3.07. The normalized spacial score (nSPS) is 20.9. The van der Waals surface area contributed by atoms with Gasteiger partial charge in [-0.05, 0) is 24.5 Å². The molecule has 0 saturated heterocycles. The summed E-state index contributed by atoms with van der Waals surface area (Å²) in [6.45, 7) is 0. The van der Waals surface area contributed by atoms with Crippen molar-refractivity contribution >= 4 is 21.4 Å². The molecule has 0 radical (unpaired) electrons. The van der Waals surface area contributed by atoms with Crippen LogP contribution in [0.1, 0.15) is 22.9 Å². The van der Waals surface area contributed by atoms with Crippen LogP contribution in [0.5, 0.6) is 0 Å². The topological polar surface area (TPSA) is 59.9 Å². The Morgan fingerprint density at radius 2 is 2.21 bits per heavy atom. The molecule has 1 aromatic rings. The zero-order valence-electron chi connectivity index (χ0n) is 7.57. The first kappa shape index (κ1) is 9.86. The van der Waals surface area contributed by atoms with E-state index in [1.54, 1.807) is 6.07 Å². The number of sulfone groups is 1. The van der Waals surface area contributed by atoms with Gasteiger partial charge in [-0.15, -0.1) is 5.10 Å². The Morgan fingerprint density at radius 3 is 2.86 bits per heavy atom. The van der Waals surface area contributed by atoms with Gasteiger partial charge in [0, 0.05) is 6.26 Å². The van der Waals surface area contributed by atoms with Crippen molar-refractivity contribution in [2.45, 2.75) is 18.1 Å². The van der Waals surface area contributed by atoms with Crippen molar-refractivity contribution in [1.29, 1.82) is 0 Å². The van der Waals surface area contributed by atoms with Crippen molar-refractivity contribution in [1.82, 2.24) is 10.2 Å². The van der Waals surface area contributed by atoms with Crippen molar-refractivity contribution in [3.05, 3.63) is 22.5 Å². The van der Waals surface area contributed by atoms with E-state index in [1.165, 1.54) is 6.26 Å². The third kappa shape index (κ3) is 1.62. The largest absolute Gasteiger partial charge is 0.228 e. The van der Waals surface area contributed by atoms with E-state index < -0.39 is 15.1 Å². The standard InChI is InChI=1S/C8H9ClN2O2S/c1-14(12,13)6-3-2-5-4-7(9)10-11-8(5)6/h4,6H,2-3H2,1H3. The van der Waals surface area contributed by atoms with Crippen LogP contribution in [0, 0.1) is 0 Å². The molecule has 76 valence electrons. The van der Waals surface area contributed by atoms with Crippen LogP contribution in [0.15, 0.2) is 6.07 Å². The van der Waals surface area contributed by atoms with Crippen LogP contribution in [0.3, 0.4) is 0 Å². The van der Waals surface area contributed by atoms with Crippen LogP contribution in [0.4, 0.5) is 0 Å². The van der Waals surface area contributed by atoms with E-state index in [4.69, 9.17) is 11.6 Å². The molecule has 4 nitrogen and oxygen atoms in total. The Kier molecular flexibility index (Phi) is 2.23. The fourth-order valence-corrected chi connectivity index (χ4v) is 3.04. The van der Waals surface area contributed by atoms with E-state index in [1.807, 2.05) is 0 Å². The molecule has 6 heteroatoms. The molecular formula is C8H9ClN2O2S. The van der Waals surface area contributed by atoms with Gasteiger partial charge in [-0.25, -0.2) is 8.42 Å². The smallest absolute Gasteiger partial charge is 0.156 e. The molecule has 0 amide bonds. The van der Waals surface area contributed by atoms with Crippen molar-refractivity contribution < 1.29 is 8.42 Å². The Hall–Kier alpha value is -0.680. The third-order valence-corrected chi connectivity index (χ3v) is 4.05. The molecule has 1 aliphatic carbocycles. The molecule has 0 saturated carbocycles. The number of hydrogen-bond donors (Lipinski definition) is 0. The van der Waals surface area contributed by atoms with Crippen molar-refractivity contribution in [2.75, 3.05) is 6.26 Å². The Balaban J connectivity index is 2.51. The number of aromatic nitrogens is 2. The van der Waals surface area contributed by atoms with Gasteiger partial charge in [0.05, 0.1) is 5.69 Å². The maximum absolute atomic E-state index is 11.4. The van der Waals surface area contributed by atoms with E-state index >= 15 is 0 Å². The quantitative estimate of drug-likeness (QED) is 0.729. The van der Waals surface area contributed by atoms with Gasteiger partial charge in [0.1, 0.15) is 5.25 Å². The molecule has 2 rings (SSSR count). The molecule has 1 aliphatic rings. The molecule has 1 aromatic heterocycles. The molecule has 0 N–H and O–H groups in total. The summed E-state index contributed by atoms with van der Waals surface area (Å²) < 4.78 is 22.8. The van der Waals surface area contributed by atoms with Crippen LogP contribution in [0.2, 0.25) is 5.15 Å². The molecular weight excluding hydrogens is 224 g/mol. The molecule has 0 spiro atoms. The van der Waals surface area contributed by atoms with Gasteiger partial charge >= 0.3 is 0 Å². The summed E-state index contributed by atoms with van der Waals surface area (Å²) in [5, 5.41) is 7.33. The lowest BCUT2D eigenvalue weighted by atomic mass is 10.2. The SMILES string of the molecule is CS(=O)(=O)C1CCc2cc(Cl)nnc21. The lowest BCUT2D eigenvalue weighted by Gasteiger charge is -2.06. The third-order valence-electron chi connectivity index (χ3n) is 2.37. The molecule has 0 aromatic carbocycles. The second-order valence-corrected chi connectivity index (χ2v) is 6.05. The summed E-state index contributed by atoms with van der Waals surface area (Å²) in [6, 6.07) is 1.69. The summed E-state index contributed by atoms with van der Waals surface area (Å²) in [4.78, 5) is 0. The molecule has 1 heterocycles. The first-order chi connectivity index (χ1) is 6.48. The second-order valence-electron chi connectivity index (χ2n) is 3.43. The number of aryl methyl sites for hydroxylation is 1. The van der Waals surface area contributed by atoms with Crippen molar-refractivity contribution in [2.24, 2.45) is 0 Å². The predicted molar refractivity (Wildman–Crippen MR) is 52.9 cm³/mol. The van der Waals surface area contributed by atoms with Crippen LogP contribution < -0.4 is 0 Å². The van der Waals surface area contributed by atoms with Crippen molar-refractivity contribution in [3.63, 3.8) is 0 Å². The average molecular weight is 233 g/mol. The van der Waals surface area contributed by atoms with Gasteiger partial charge in [-0.2, -0.15) is 5.10 Å². The van der Waals surface area contributed by atoms with E-state index in [9.17, 15) is 8.42 Å². The highest BCUT2D eigenvalue weighted by Gasteiger charge is 2.32. The van der Waals surface area contributed by atoms with E-state index in [-0.39, 0.29) is 0 Å². The zero-order chi connectivity index (χ0) is 10.3. The predicted octanol–water partition coefficient (Wildman–Crippen LogP) is 1.16. The maximum atomic E-state index is 11.4. The first-order valence-corrected chi connectivity index (χ1v) is 6.52. The number of halogens is 1. The fraction of sp³-hybridized carbons (Fsp3) is 0.500. The molecule has 0 bridgehead atoms. The Morgan fingerprint density at radius 1 is 1.50 bits per heavy atom. The van der Waals surface area contributed by atoms with Crippen molar-refractivity contribution in [3.8, 4) is 0 Å². The molecule has 0 fully saturated rings. The minimum absolute atomic E-state index is 0.318. The fourth-order valence-electron chi connectivity index (χ4n) is 1.72. The number of rotatable bonds is 1. The molecule has 1 unspecified atom stereocenters.